The maximum absolute atomic E-state index is 13.4. The zero-order chi connectivity index (χ0) is 24.3. The van der Waals surface area contributed by atoms with E-state index in [2.05, 4.69) is 10.1 Å². The van der Waals surface area contributed by atoms with Crippen molar-refractivity contribution >= 4 is 5.70 Å². The standard InChI is InChI=1S/C21H25F5N6O/c1-12(32(28)20(22)23)18(27)16-10-14(13-6-3-2-4-7-13)19(33)31(30-16)11-17-15(21(24,25)26)8-5-9-29-17/h5,8-10,13,20H,2-4,6-7,11,27-28H2,1H3/b18-12-. The summed E-state index contributed by atoms with van der Waals surface area (Å²) in [5, 5.41) is 4.26. The third-order valence-electron chi connectivity index (χ3n) is 5.81. The van der Waals surface area contributed by atoms with Gasteiger partial charge in [-0.1, -0.05) is 19.3 Å². The molecule has 2 aromatic heterocycles. The molecule has 0 atom stereocenters. The number of halogens is 5. The minimum atomic E-state index is -4.68. The molecule has 180 valence electrons. The number of hydrogen-bond donors (Lipinski definition) is 2. The third-order valence-corrected chi connectivity index (χ3v) is 5.81. The highest BCUT2D eigenvalue weighted by molar-refractivity contribution is 5.62. The largest absolute Gasteiger partial charge is 0.418 e. The lowest BCUT2D eigenvalue weighted by Gasteiger charge is -2.24. The van der Waals surface area contributed by atoms with Crippen LogP contribution < -0.4 is 17.1 Å². The van der Waals surface area contributed by atoms with Gasteiger partial charge in [0.05, 0.1) is 29.2 Å². The molecule has 0 unspecified atom stereocenters. The van der Waals surface area contributed by atoms with Gasteiger partial charge in [-0.3, -0.25) is 14.8 Å². The molecule has 0 aliphatic heterocycles. The maximum Gasteiger partial charge on any atom is 0.418 e. The van der Waals surface area contributed by atoms with E-state index in [0.29, 0.717) is 5.56 Å². The molecule has 1 fully saturated rings. The van der Waals surface area contributed by atoms with E-state index >= 15 is 0 Å². The summed E-state index contributed by atoms with van der Waals surface area (Å²) in [6, 6.07) is 3.44. The first-order valence-electron chi connectivity index (χ1n) is 10.4. The molecule has 1 aliphatic carbocycles. The first-order valence-corrected chi connectivity index (χ1v) is 10.4. The summed E-state index contributed by atoms with van der Waals surface area (Å²) in [5.41, 5.74) is 4.01. The Morgan fingerprint density at radius 1 is 1.27 bits per heavy atom. The van der Waals surface area contributed by atoms with Gasteiger partial charge in [-0.25, -0.2) is 10.5 Å². The van der Waals surface area contributed by atoms with Crippen LogP contribution in [0.4, 0.5) is 22.0 Å². The number of alkyl halides is 5. The highest BCUT2D eigenvalue weighted by Crippen LogP contribution is 2.33. The molecule has 0 aromatic carbocycles. The van der Waals surface area contributed by atoms with Gasteiger partial charge in [0.15, 0.2) is 0 Å². The Morgan fingerprint density at radius 2 is 1.94 bits per heavy atom. The lowest BCUT2D eigenvalue weighted by atomic mass is 9.84. The summed E-state index contributed by atoms with van der Waals surface area (Å²) in [5.74, 6) is 5.22. The highest BCUT2D eigenvalue weighted by atomic mass is 19.4. The van der Waals surface area contributed by atoms with Crippen molar-refractivity contribution in [2.24, 2.45) is 11.6 Å². The van der Waals surface area contributed by atoms with Crippen LogP contribution in [0.5, 0.6) is 0 Å². The number of pyridine rings is 1. The lowest BCUT2D eigenvalue weighted by molar-refractivity contribution is -0.138. The molecular weight excluding hydrogens is 447 g/mol. The lowest BCUT2D eigenvalue weighted by Crippen LogP contribution is -2.36. The van der Waals surface area contributed by atoms with Crippen molar-refractivity contribution in [1.82, 2.24) is 19.8 Å². The van der Waals surface area contributed by atoms with Crippen molar-refractivity contribution in [2.75, 3.05) is 0 Å². The Labute approximate surface area is 186 Å². The summed E-state index contributed by atoms with van der Waals surface area (Å²) in [6.07, 6.45) is 0.762. The molecule has 7 nitrogen and oxygen atoms in total. The van der Waals surface area contributed by atoms with E-state index in [1.54, 1.807) is 0 Å². The second-order valence-electron chi connectivity index (χ2n) is 7.96. The Morgan fingerprint density at radius 3 is 2.55 bits per heavy atom. The first kappa shape index (κ1) is 24.6. The minimum Gasteiger partial charge on any atom is -0.395 e. The number of allylic oxidation sites excluding steroid dienone is 1. The Kier molecular flexibility index (Phi) is 7.35. The SMILES string of the molecule is C/C(=C(/N)c1cc(C2CCCCC2)c(=O)n(Cc2ncccc2C(F)(F)F)n1)N(N)C(F)F. The molecule has 1 aliphatic rings. The van der Waals surface area contributed by atoms with Crippen LogP contribution in [0.15, 0.2) is 34.9 Å². The van der Waals surface area contributed by atoms with Gasteiger partial charge in [-0.2, -0.15) is 27.1 Å². The molecule has 1 saturated carbocycles. The normalized spacial score (nSPS) is 16.1. The predicted molar refractivity (Wildman–Crippen MR) is 111 cm³/mol. The van der Waals surface area contributed by atoms with E-state index in [4.69, 9.17) is 11.6 Å². The van der Waals surface area contributed by atoms with Crippen LogP contribution in [0.2, 0.25) is 0 Å². The van der Waals surface area contributed by atoms with Crippen molar-refractivity contribution in [2.45, 2.75) is 64.2 Å². The van der Waals surface area contributed by atoms with Crippen molar-refractivity contribution in [3.05, 3.63) is 63.0 Å². The number of nitrogens with zero attached hydrogens (tertiary/aromatic N) is 4. The van der Waals surface area contributed by atoms with Crippen molar-refractivity contribution in [3.8, 4) is 0 Å². The summed E-state index contributed by atoms with van der Waals surface area (Å²) in [7, 11) is 0. The van der Waals surface area contributed by atoms with Crippen LogP contribution in [-0.4, -0.2) is 26.3 Å². The van der Waals surface area contributed by atoms with Crippen molar-refractivity contribution in [1.29, 1.82) is 0 Å². The van der Waals surface area contributed by atoms with E-state index in [9.17, 15) is 26.7 Å². The average Bonchev–Trinajstić information content (AvgIpc) is 2.79. The molecule has 2 aromatic rings. The fourth-order valence-corrected chi connectivity index (χ4v) is 3.94. The second-order valence-corrected chi connectivity index (χ2v) is 7.96. The maximum atomic E-state index is 13.4. The number of aromatic nitrogens is 3. The summed E-state index contributed by atoms with van der Waals surface area (Å²) in [4.78, 5) is 17.0. The predicted octanol–water partition coefficient (Wildman–Crippen LogP) is 3.80. The Hall–Kier alpha value is -3.02. The van der Waals surface area contributed by atoms with Gasteiger partial charge in [0.1, 0.15) is 5.69 Å². The molecule has 0 bridgehead atoms. The number of hydrogen-bond acceptors (Lipinski definition) is 6. The quantitative estimate of drug-likeness (QED) is 0.287. The number of rotatable bonds is 6. The van der Waals surface area contributed by atoms with Gasteiger partial charge in [-0.05, 0) is 43.9 Å². The summed E-state index contributed by atoms with van der Waals surface area (Å²) in [6.45, 7) is -2.33. The molecule has 0 radical (unpaired) electrons. The fraction of sp³-hybridized carbons (Fsp3) is 0.476. The van der Waals surface area contributed by atoms with E-state index in [1.165, 1.54) is 19.2 Å². The number of nitrogens with two attached hydrogens (primary N) is 2. The molecule has 12 heteroatoms. The van der Waals surface area contributed by atoms with Crippen LogP contribution in [-0.2, 0) is 12.7 Å². The van der Waals surface area contributed by atoms with Gasteiger partial charge in [0.2, 0.25) is 0 Å². The number of hydrazine groups is 1. The third kappa shape index (κ3) is 5.49. The van der Waals surface area contributed by atoms with Crippen LogP contribution in [0, 0.1) is 0 Å². The van der Waals surface area contributed by atoms with Gasteiger partial charge >= 0.3 is 12.7 Å². The van der Waals surface area contributed by atoms with E-state index in [1.807, 2.05) is 0 Å². The van der Waals surface area contributed by atoms with Crippen molar-refractivity contribution in [3.63, 3.8) is 0 Å². The van der Waals surface area contributed by atoms with Crippen LogP contribution >= 0.6 is 0 Å². The van der Waals surface area contributed by atoms with Crippen LogP contribution in [0.3, 0.4) is 0 Å². The zero-order valence-corrected chi connectivity index (χ0v) is 17.9. The van der Waals surface area contributed by atoms with Gasteiger partial charge in [0, 0.05) is 11.8 Å². The van der Waals surface area contributed by atoms with Crippen molar-refractivity contribution < 1.29 is 22.0 Å². The molecule has 0 amide bonds. The topological polar surface area (TPSA) is 103 Å². The summed E-state index contributed by atoms with van der Waals surface area (Å²) >= 11 is 0. The molecule has 4 N–H and O–H groups in total. The smallest absolute Gasteiger partial charge is 0.395 e. The van der Waals surface area contributed by atoms with E-state index < -0.39 is 36.1 Å². The Balaban J connectivity index is 2.15. The summed E-state index contributed by atoms with van der Waals surface area (Å²) < 4.78 is 67.2. The van der Waals surface area contributed by atoms with E-state index in [-0.39, 0.29) is 28.0 Å². The average molecular weight is 472 g/mol. The van der Waals surface area contributed by atoms with Crippen LogP contribution in [0.1, 0.15) is 67.5 Å². The highest BCUT2D eigenvalue weighted by Gasteiger charge is 2.34. The monoisotopic (exact) mass is 472 g/mol. The molecule has 0 saturated heterocycles. The fourth-order valence-electron chi connectivity index (χ4n) is 3.94. The minimum absolute atomic E-state index is 0.0201. The van der Waals surface area contributed by atoms with E-state index in [0.717, 1.165) is 48.9 Å². The van der Waals surface area contributed by atoms with Gasteiger partial charge in [-0.15, -0.1) is 0 Å². The second kappa shape index (κ2) is 9.86. The Bertz CT molecular complexity index is 1080. The zero-order valence-electron chi connectivity index (χ0n) is 17.9. The molecule has 33 heavy (non-hydrogen) atoms. The molecule has 2 heterocycles. The van der Waals surface area contributed by atoms with Gasteiger partial charge < -0.3 is 5.73 Å². The molecule has 0 spiro atoms. The first-order chi connectivity index (χ1) is 15.5. The van der Waals surface area contributed by atoms with Gasteiger partial charge in [0.25, 0.3) is 5.56 Å². The van der Waals surface area contributed by atoms with Crippen LogP contribution in [0.25, 0.3) is 5.70 Å². The molecule has 3 rings (SSSR count). The molecular formula is C21H25F5N6O.